The molecular formula is C18H15ClO4S. The Bertz CT molecular complexity index is 842. The molecule has 0 saturated carbocycles. The highest BCUT2D eigenvalue weighted by molar-refractivity contribution is 7.99. The number of hydrogen-bond donors (Lipinski definition) is 1. The molecule has 0 saturated heterocycles. The maximum absolute atomic E-state index is 11.9. The van der Waals surface area contributed by atoms with Crippen molar-refractivity contribution in [2.24, 2.45) is 0 Å². The average Bonchev–Trinajstić information content (AvgIpc) is 2.95. The molecule has 0 aliphatic rings. The van der Waals surface area contributed by atoms with Crippen LogP contribution in [0.25, 0.3) is 11.0 Å². The smallest absolute Gasteiger partial charge is 0.310 e. The number of halogens is 1. The molecule has 1 heterocycles. The molecule has 0 bridgehead atoms. The Hall–Kier alpha value is -2.11. The maximum atomic E-state index is 11.9. The molecule has 0 atom stereocenters. The highest BCUT2D eigenvalue weighted by Crippen LogP contribution is 2.25. The zero-order valence-corrected chi connectivity index (χ0v) is 14.3. The minimum absolute atomic E-state index is 0.130. The van der Waals surface area contributed by atoms with Crippen molar-refractivity contribution < 1.29 is 19.1 Å². The van der Waals surface area contributed by atoms with Gasteiger partial charge in [-0.15, -0.1) is 11.8 Å². The highest BCUT2D eigenvalue weighted by atomic mass is 35.5. The van der Waals surface area contributed by atoms with E-state index in [4.69, 9.17) is 20.8 Å². The van der Waals surface area contributed by atoms with Gasteiger partial charge in [0.05, 0.1) is 12.7 Å². The first-order valence-electron chi connectivity index (χ1n) is 7.35. The molecule has 0 amide bonds. The zero-order chi connectivity index (χ0) is 16.9. The number of rotatable bonds is 6. The second-order valence-corrected chi connectivity index (χ2v) is 6.75. The van der Waals surface area contributed by atoms with Gasteiger partial charge in [-0.05, 0) is 36.4 Å². The summed E-state index contributed by atoms with van der Waals surface area (Å²) in [7, 11) is 0. The van der Waals surface area contributed by atoms with Gasteiger partial charge >= 0.3 is 5.97 Å². The van der Waals surface area contributed by atoms with Gasteiger partial charge in [0.1, 0.15) is 17.9 Å². The van der Waals surface area contributed by atoms with Gasteiger partial charge < -0.3 is 14.3 Å². The third kappa shape index (κ3) is 4.24. The van der Waals surface area contributed by atoms with Crippen molar-refractivity contribution in [3.05, 3.63) is 59.3 Å². The number of phenols is 1. The van der Waals surface area contributed by atoms with Gasteiger partial charge in [0.25, 0.3) is 0 Å². The summed E-state index contributed by atoms with van der Waals surface area (Å²) in [5.74, 6) is 0.501. The van der Waals surface area contributed by atoms with Crippen LogP contribution in [-0.4, -0.2) is 23.4 Å². The predicted octanol–water partition coefficient (Wildman–Crippen LogP) is 4.67. The number of esters is 1. The van der Waals surface area contributed by atoms with Crippen molar-refractivity contribution in [3.63, 3.8) is 0 Å². The van der Waals surface area contributed by atoms with Crippen LogP contribution in [-0.2, 0) is 16.0 Å². The van der Waals surface area contributed by atoms with Gasteiger partial charge in [-0.3, -0.25) is 4.79 Å². The van der Waals surface area contributed by atoms with Crippen LogP contribution in [0.3, 0.4) is 0 Å². The van der Waals surface area contributed by atoms with E-state index in [2.05, 4.69) is 0 Å². The average molecular weight is 363 g/mol. The van der Waals surface area contributed by atoms with Crippen molar-refractivity contribution in [2.45, 2.75) is 11.3 Å². The van der Waals surface area contributed by atoms with Crippen LogP contribution in [0, 0.1) is 0 Å². The first-order valence-corrected chi connectivity index (χ1v) is 8.71. The first-order chi connectivity index (χ1) is 11.6. The van der Waals surface area contributed by atoms with E-state index in [0.29, 0.717) is 23.0 Å². The SMILES string of the molecule is O=C(Cc1coc2cc(O)ccc12)OCCSc1ccc(Cl)cc1. The van der Waals surface area contributed by atoms with Gasteiger partial charge in [0.15, 0.2) is 0 Å². The lowest BCUT2D eigenvalue weighted by atomic mass is 10.1. The fourth-order valence-electron chi connectivity index (χ4n) is 2.26. The van der Waals surface area contributed by atoms with E-state index in [1.165, 1.54) is 12.3 Å². The van der Waals surface area contributed by atoms with Gasteiger partial charge in [0, 0.05) is 32.7 Å². The molecule has 1 aromatic heterocycles. The Balaban J connectivity index is 1.47. The van der Waals surface area contributed by atoms with E-state index < -0.39 is 0 Å². The molecule has 2 aromatic carbocycles. The first kappa shape index (κ1) is 16.7. The quantitative estimate of drug-likeness (QED) is 0.392. The lowest BCUT2D eigenvalue weighted by Gasteiger charge is -2.04. The maximum Gasteiger partial charge on any atom is 0.310 e. The van der Waals surface area contributed by atoms with Crippen molar-refractivity contribution in [3.8, 4) is 5.75 Å². The van der Waals surface area contributed by atoms with Crippen molar-refractivity contribution in [1.82, 2.24) is 0 Å². The normalized spacial score (nSPS) is 10.9. The molecule has 0 spiro atoms. The largest absolute Gasteiger partial charge is 0.508 e. The topological polar surface area (TPSA) is 59.7 Å². The Morgan fingerprint density at radius 2 is 2.00 bits per heavy atom. The number of phenolic OH excluding ortho intramolecular Hbond substituents is 1. The van der Waals surface area contributed by atoms with Gasteiger partial charge in [-0.25, -0.2) is 0 Å². The van der Waals surface area contributed by atoms with Crippen LogP contribution in [0.15, 0.2) is 58.0 Å². The van der Waals surface area contributed by atoms with Gasteiger partial charge in [-0.2, -0.15) is 0 Å². The molecule has 4 nitrogen and oxygen atoms in total. The summed E-state index contributed by atoms with van der Waals surface area (Å²) in [6.07, 6.45) is 1.66. The lowest BCUT2D eigenvalue weighted by Crippen LogP contribution is -2.10. The van der Waals surface area contributed by atoms with Crippen molar-refractivity contribution in [2.75, 3.05) is 12.4 Å². The van der Waals surface area contributed by atoms with Crippen LogP contribution < -0.4 is 0 Å². The van der Waals surface area contributed by atoms with E-state index in [0.717, 1.165) is 15.8 Å². The zero-order valence-electron chi connectivity index (χ0n) is 12.7. The molecule has 3 rings (SSSR count). The second kappa shape index (κ2) is 7.64. The summed E-state index contributed by atoms with van der Waals surface area (Å²) in [5, 5.41) is 10.9. The number of carbonyl (C=O) groups is 1. The molecule has 1 N–H and O–H groups in total. The molecule has 124 valence electrons. The fraction of sp³-hybridized carbons (Fsp3) is 0.167. The molecule has 0 radical (unpaired) electrons. The molecular weight excluding hydrogens is 348 g/mol. The minimum atomic E-state index is -0.303. The molecule has 0 unspecified atom stereocenters. The third-order valence-corrected chi connectivity index (χ3v) is 4.63. The lowest BCUT2D eigenvalue weighted by molar-refractivity contribution is -0.142. The number of thioether (sulfide) groups is 1. The van der Waals surface area contributed by atoms with Gasteiger partial charge in [0.2, 0.25) is 0 Å². The van der Waals surface area contributed by atoms with E-state index in [9.17, 15) is 9.90 Å². The predicted molar refractivity (Wildman–Crippen MR) is 94.7 cm³/mol. The number of carbonyl (C=O) groups excluding carboxylic acids is 1. The Labute approximate surface area is 148 Å². The number of hydrogen-bond acceptors (Lipinski definition) is 5. The van der Waals surface area contributed by atoms with Crippen LogP contribution in [0.1, 0.15) is 5.56 Å². The molecule has 0 fully saturated rings. The van der Waals surface area contributed by atoms with Crippen LogP contribution >= 0.6 is 23.4 Å². The summed E-state index contributed by atoms with van der Waals surface area (Å²) >= 11 is 7.43. The number of aromatic hydroxyl groups is 1. The number of fused-ring (bicyclic) bond motifs is 1. The molecule has 6 heteroatoms. The van der Waals surface area contributed by atoms with Crippen LogP contribution in [0.4, 0.5) is 0 Å². The summed E-state index contributed by atoms with van der Waals surface area (Å²) < 4.78 is 10.6. The molecule has 24 heavy (non-hydrogen) atoms. The van der Waals surface area contributed by atoms with Gasteiger partial charge in [-0.1, -0.05) is 11.6 Å². The fourth-order valence-corrected chi connectivity index (χ4v) is 3.12. The summed E-state index contributed by atoms with van der Waals surface area (Å²) in [4.78, 5) is 13.0. The monoisotopic (exact) mass is 362 g/mol. The van der Waals surface area contributed by atoms with E-state index in [1.807, 2.05) is 24.3 Å². The summed E-state index contributed by atoms with van der Waals surface area (Å²) in [6, 6.07) is 12.3. The van der Waals surface area contributed by atoms with E-state index >= 15 is 0 Å². The van der Waals surface area contributed by atoms with Crippen LogP contribution in [0.5, 0.6) is 5.75 Å². The third-order valence-electron chi connectivity index (χ3n) is 3.40. The van der Waals surface area contributed by atoms with E-state index in [-0.39, 0.29) is 18.1 Å². The number of furan rings is 1. The standard InChI is InChI=1S/C18H15ClO4S/c19-13-1-4-15(5-2-13)24-8-7-22-18(21)9-12-11-23-17-10-14(20)3-6-16(12)17/h1-6,10-11,20H,7-9H2. The second-order valence-electron chi connectivity index (χ2n) is 5.14. The Morgan fingerprint density at radius 3 is 2.79 bits per heavy atom. The van der Waals surface area contributed by atoms with Crippen molar-refractivity contribution >= 4 is 40.3 Å². The molecule has 0 aliphatic carbocycles. The van der Waals surface area contributed by atoms with E-state index in [1.54, 1.807) is 23.9 Å². The van der Waals surface area contributed by atoms with Crippen molar-refractivity contribution in [1.29, 1.82) is 0 Å². The summed E-state index contributed by atoms with van der Waals surface area (Å²) in [6.45, 7) is 0.336. The number of benzene rings is 2. The molecule has 0 aliphatic heterocycles. The Kier molecular flexibility index (Phi) is 5.33. The number of ether oxygens (including phenoxy) is 1. The summed E-state index contributed by atoms with van der Waals surface area (Å²) in [5.41, 5.74) is 1.30. The Morgan fingerprint density at radius 1 is 1.21 bits per heavy atom. The highest BCUT2D eigenvalue weighted by Gasteiger charge is 2.12. The van der Waals surface area contributed by atoms with Crippen LogP contribution in [0.2, 0.25) is 5.02 Å². The minimum Gasteiger partial charge on any atom is -0.508 e. The molecule has 3 aromatic rings.